The van der Waals surface area contributed by atoms with Crippen LogP contribution in [0, 0.1) is 0 Å². The number of hydrogen-bond donors (Lipinski definition) is 0. The van der Waals surface area contributed by atoms with Gasteiger partial charge in [-0.2, -0.15) is 0 Å². The minimum Gasteiger partial charge on any atom is -0.497 e. The minimum atomic E-state index is -0.331. The van der Waals surface area contributed by atoms with Crippen molar-refractivity contribution in [3.63, 3.8) is 0 Å². The Bertz CT molecular complexity index is 528. The lowest BCUT2D eigenvalue weighted by molar-refractivity contribution is -0.138. The van der Waals surface area contributed by atoms with Crippen LogP contribution in [0.3, 0.4) is 0 Å². The smallest absolute Gasteiger partial charge is 0.337 e. The monoisotopic (exact) mass is 274 g/mol. The number of esters is 1. The van der Waals surface area contributed by atoms with Crippen molar-refractivity contribution >= 4 is 11.7 Å². The van der Waals surface area contributed by atoms with E-state index in [2.05, 4.69) is 6.58 Å². The molecule has 0 radical (unpaired) electrons. The first-order valence-electron chi connectivity index (χ1n) is 6.53. The summed E-state index contributed by atoms with van der Waals surface area (Å²) >= 11 is 0. The standard InChI is InChI=1S/C16H18O4/c1-4-12-10-14(16(17)19-5-2)15(20-12)11-6-8-13(18-3)9-7-11/h4,6-9,12H,1,5,10H2,2-3H3. The summed E-state index contributed by atoms with van der Waals surface area (Å²) in [5.74, 6) is 0.990. The van der Waals surface area contributed by atoms with E-state index >= 15 is 0 Å². The lowest BCUT2D eigenvalue weighted by Crippen LogP contribution is -2.08. The van der Waals surface area contributed by atoms with Crippen molar-refractivity contribution in [2.45, 2.75) is 19.4 Å². The Hall–Kier alpha value is -2.23. The summed E-state index contributed by atoms with van der Waals surface area (Å²) in [6, 6.07) is 7.38. The van der Waals surface area contributed by atoms with Crippen LogP contribution in [0.5, 0.6) is 5.75 Å². The van der Waals surface area contributed by atoms with E-state index in [0.29, 0.717) is 24.4 Å². The van der Waals surface area contributed by atoms with Crippen molar-refractivity contribution in [1.82, 2.24) is 0 Å². The second kappa shape index (κ2) is 6.28. The Kier molecular flexibility index (Phi) is 4.45. The zero-order valence-electron chi connectivity index (χ0n) is 11.7. The van der Waals surface area contributed by atoms with Gasteiger partial charge in [0.05, 0.1) is 19.3 Å². The van der Waals surface area contributed by atoms with Gasteiger partial charge in [0.15, 0.2) is 0 Å². The third-order valence-electron chi connectivity index (χ3n) is 3.09. The zero-order chi connectivity index (χ0) is 14.5. The molecule has 4 heteroatoms. The van der Waals surface area contributed by atoms with Crippen LogP contribution in [-0.4, -0.2) is 25.8 Å². The molecule has 1 unspecified atom stereocenters. The molecule has 20 heavy (non-hydrogen) atoms. The van der Waals surface area contributed by atoms with E-state index in [4.69, 9.17) is 14.2 Å². The summed E-state index contributed by atoms with van der Waals surface area (Å²) in [4.78, 5) is 12.0. The third kappa shape index (κ3) is 2.85. The molecule has 0 fully saturated rings. The van der Waals surface area contributed by atoms with Crippen LogP contribution in [0.25, 0.3) is 5.76 Å². The number of carbonyl (C=O) groups excluding carboxylic acids is 1. The number of methoxy groups -OCH3 is 1. The van der Waals surface area contributed by atoms with Crippen LogP contribution >= 0.6 is 0 Å². The van der Waals surface area contributed by atoms with E-state index < -0.39 is 0 Å². The largest absolute Gasteiger partial charge is 0.497 e. The van der Waals surface area contributed by atoms with Crippen molar-refractivity contribution in [2.24, 2.45) is 0 Å². The maximum Gasteiger partial charge on any atom is 0.337 e. The lowest BCUT2D eigenvalue weighted by Gasteiger charge is -2.09. The average molecular weight is 274 g/mol. The van der Waals surface area contributed by atoms with Gasteiger partial charge < -0.3 is 14.2 Å². The number of ether oxygens (including phenoxy) is 3. The van der Waals surface area contributed by atoms with Crippen molar-refractivity contribution in [2.75, 3.05) is 13.7 Å². The summed E-state index contributed by atoms with van der Waals surface area (Å²) in [6.07, 6.45) is 1.99. The normalized spacial score (nSPS) is 17.6. The quantitative estimate of drug-likeness (QED) is 0.611. The van der Waals surface area contributed by atoms with Crippen LogP contribution in [0.15, 0.2) is 42.5 Å². The van der Waals surface area contributed by atoms with E-state index in [9.17, 15) is 4.79 Å². The van der Waals surface area contributed by atoms with Crippen LogP contribution in [-0.2, 0) is 14.3 Å². The first-order valence-corrected chi connectivity index (χ1v) is 6.53. The van der Waals surface area contributed by atoms with Crippen LogP contribution < -0.4 is 4.74 Å². The van der Waals surface area contributed by atoms with Crippen molar-refractivity contribution in [3.05, 3.63) is 48.1 Å². The van der Waals surface area contributed by atoms with E-state index in [1.807, 2.05) is 24.3 Å². The highest BCUT2D eigenvalue weighted by Crippen LogP contribution is 2.34. The molecule has 0 bridgehead atoms. The van der Waals surface area contributed by atoms with Gasteiger partial charge in [-0.3, -0.25) is 0 Å². The fourth-order valence-corrected chi connectivity index (χ4v) is 2.07. The molecule has 1 aliphatic rings. The maximum absolute atomic E-state index is 12.0. The molecule has 0 amide bonds. The highest BCUT2D eigenvalue weighted by Gasteiger charge is 2.30. The molecule has 0 aromatic heterocycles. The molecule has 1 aromatic carbocycles. The highest BCUT2D eigenvalue weighted by molar-refractivity contribution is 5.97. The molecule has 1 aromatic rings. The molecule has 0 saturated carbocycles. The predicted molar refractivity (Wildman–Crippen MR) is 76.2 cm³/mol. The second-order valence-electron chi connectivity index (χ2n) is 4.35. The highest BCUT2D eigenvalue weighted by atomic mass is 16.5. The first kappa shape index (κ1) is 14.2. The SMILES string of the molecule is C=CC1CC(C(=O)OCC)=C(c2ccc(OC)cc2)O1. The van der Waals surface area contributed by atoms with Crippen molar-refractivity contribution in [1.29, 1.82) is 0 Å². The number of benzene rings is 1. The molecule has 1 atom stereocenters. The number of carbonyl (C=O) groups is 1. The van der Waals surface area contributed by atoms with Crippen LogP contribution in [0.1, 0.15) is 18.9 Å². The van der Waals surface area contributed by atoms with E-state index in [-0.39, 0.29) is 12.1 Å². The van der Waals surface area contributed by atoms with Gasteiger partial charge in [0.1, 0.15) is 17.6 Å². The van der Waals surface area contributed by atoms with E-state index in [1.54, 1.807) is 20.1 Å². The van der Waals surface area contributed by atoms with Gasteiger partial charge in [-0.15, -0.1) is 0 Å². The molecule has 0 aliphatic carbocycles. The summed E-state index contributed by atoms with van der Waals surface area (Å²) in [5, 5.41) is 0. The van der Waals surface area contributed by atoms with Crippen LogP contribution in [0.2, 0.25) is 0 Å². The van der Waals surface area contributed by atoms with Gasteiger partial charge in [-0.1, -0.05) is 12.7 Å². The maximum atomic E-state index is 12.0. The van der Waals surface area contributed by atoms with Crippen molar-refractivity contribution in [3.8, 4) is 5.75 Å². The molecule has 1 heterocycles. The summed E-state index contributed by atoms with van der Waals surface area (Å²) in [7, 11) is 1.61. The molecular formula is C16H18O4. The van der Waals surface area contributed by atoms with Gasteiger partial charge in [0.2, 0.25) is 0 Å². The fraction of sp³-hybridized carbons (Fsp3) is 0.312. The average Bonchev–Trinajstić information content (AvgIpc) is 2.92. The van der Waals surface area contributed by atoms with E-state index in [0.717, 1.165) is 11.3 Å². The first-order chi connectivity index (χ1) is 9.69. The molecule has 0 saturated heterocycles. The van der Waals surface area contributed by atoms with Gasteiger partial charge in [0.25, 0.3) is 0 Å². The molecule has 2 rings (SSSR count). The Balaban J connectivity index is 2.33. The Morgan fingerprint density at radius 2 is 2.15 bits per heavy atom. The molecular weight excluding hydrogens is 256 g/mol. The summed E-state index contributed by atoms with van der Waals surface area (Å²) in [6.45, 7) is 5.84. The minimum absolute atomic E-state index is 0.188. The van der Waals surface area contributed by atoms with Gasteiger partial charge in [0, 0.05) is 12.0 Å². The Labute approximate surface area is 118 Å². The molecule has 4 nitrogen and oxygen atoms in total. The van der Waals surface area contributed by atoms with Gasteiger partial charge in [-0.05, 0) is 31.2 Å². The number of hydrogen-bond acceptors (Lipinski definition) is 4. The second-order valence-corrected chi connectivity index (χ2v) is 4.35. The molecule has 106 valence electrons. The molecule has 0 spiro atoms. The van der Waals surface area contributed by atoms with Crippen molar-refractivity contribution < 1.29 is 19.0 Å². The lowest BCUT2D eigenvalue weighted by atomic mass is 10.1. The van der Waals surface area contributed by atoms with E-state index in [1.165, 1.54) is 0 Å². The molecule has 0 N–H and O–H groups in total. The molecule has 1 aliphatic heterocycles. The third-order valence-corrected chi connectivity index (χ3v) is 3.09. The Morgan fingerprint density at radius 1 is 1.45 bits per heavy atom. The topological polar surface area (TPSA) is 44.8 Å². The predicted octanol–water partition coefficient (Wildman–Crippen LogP) is 2.94. The van der Waals surface area contributed by atoms with Gasteiger partial charge >= 0.3 is 5.97 Å². The van der Waals surface area contributed by atoms with Crippen LogP contribution in [0.4, 0.5) is 0 Å². The zero-order valence-corrected chi connectivity index (χ0v) is 11.7. The number of rotatable bonds is 5. The summed E-state index contributed by atoms with van der Waals surface area (Å²) in [5.41, 5.74) is 1.39. The van der Waals surface area contributed by atoms with Gasteiger partial charge in [-0.25, -0.2) is 4.79 Å². The summed E-state index contributed by atoms with van der Waals surface area (Å²) < 4.78 is 16.0. The Morgan fingerprint density at radius 3 is 2.70 bits per heavy atom. The fourth-order valence-electron chi connectivity index (χ4n) is 2.07.